The van der Waals surface area contributed by atoms with E-state index in [1.165, 1.54) is 16.2 Å². The van der Waals surface area contributed by atoms with Crippen molar-refractivity contribution in [3.05, 3.63) is 21.9 Å². The molecule has 1 aromatic rings. The molecule has 2 amide bonds. The van der Waals surface area contributed by atoms with Crippen LogP contribution in [0.2, 0.25) is 0 Å². The number of amides is 2. The number of rotatable bonds is 2. The summed E-state index contributed by atoms with van der Waals surface area (Å²) in [5.41, 5.74) is 6.26. The van der Waals surface area contributed by atoms with Crippen LogP contribution in [-0.4, -0.2) is 23.3 Å². The molecule has 0 spiro atoms. The number of nitrogens with zero attached hydrogens (tertiary/aromatic N) is 1. The maximum atomic E-state index is 12.4. The molecule has 2 unspecified atom stereocenters. The quantitative estimate of drug-likeness (QED) is 0.666. The van der Waals surface area contributed by atoms with Gasteiger partial charge < -0.3 is 5.73 Å². The van der Waals surface area contributed by atoms with E-state index in [0.717, 1.165) is 23.3 Å². The fourth-order valence-electron chi connectivity index (χ4n) is 3.37. The normalized spacial score (nSPS) is 27.7. The Morgan fingerprint density at radius 1 is 1.33 bits per heavy atom. The van der Waals surface area contributed by atoms with Crippen molar-refractivity contribution in [2.24, 2.45) is 23.5 Å². The topological polar surface area (TPSA) is 63.4 Å². The zero-order valence-electron chi connectivity index (χ0n) is 12.0. The first-order valence-electron chi connectivity index (χ1n) is 7.22. The molecule has 2 atom stereocenters. The maximum Gasteiger partial charge on any atom is 0.233 e. The van der Waals surface area contributed by atoms with Gasteiger partial charge in [0.05, 0.1) is 24.9 Å². The summed E-state index contributed by atoms with van der Waals surface area (Å²) in [6.07, 6.45) is 1.69. The third kappa shape index (κ3) is 2.50. The summed E-state index contributed by atoms with van der Waals surface area (Å²) in [5.74, 6) is 6.11. The summed E-state index contributed by atoms with van der Waals surface area (Å²) in [6.45, 7) is 2.77. The van der Waals surface area contributed by atoms with Gasteiger partial charge in [-0.05, 0) is 30.2 Å². The molecule has 1 saturated carbocycles. The van der Waals surface area contributed by atoms with E-state index in [2.05, 4.69) is 18.8 Å². The third-order valence-corrected chi connectivity index (χ3v) is 5.24. The van der Waals surface area contributed by atoms with Crippen molar-refractivity contribution >= 4 is 23.2 Å². The van der Waals surface area contributed by atoms with Crippen molar-refractivity contribution in [3.63, 3.8) is 0 Å². The second-order valence-corrected chi connectivity index (χ2v) is 6.82. The molecular weight excluding hydrogens is 284 g/mol. The Bertz CT molecular complexity index is 616. The summed E-state index contributed by atoms with van der Waals surface area (Å²) < 4.78 is 0. The van der Waals surface area contributed by atoms with Crippen LogP contribution in [-0.2, 0) is 16.1 Å². The molecule has 2 fully saturated rings. The highest BCUT2D eigenvalue weighted by Crippen LogP contribution is 2.43. The van der Waals surface area contributed by atoms with E-state index in [0.29, 0.717) is 19.0 Å². The molecule has 1 aliphatic carbocycles. The van der Waals surface area contributed by atoms with Crippen LogP contribution in [0.15, 0.2) is 11.4 Å². The highest BCUT2D eigenvalue weighted by atomic mass is 32.1. The SMILES string of the molecule is CC1CC2C(=O)N(Cc3sccc3C#CCN)C(=O)C2C1. The Kier molecular flexibility index (Phi) is 3.83. The lowest BCUT2D eigenvalue weighted by Crippen LogP contribution is -2.31. The number of nitrogens with two attached hydrogens (primary N) is 1. The first kappa shape index (κ1) is 14.3. The lowest BCUT2D eigenvalue weighted by atomic mass is 10.00. The van der Waals surface area contributed by atoms with Crippen LogP contribution in [0.3, 0.4) is 0 Å². The minimum Gasteiger partial charge on any atom is -0.320 e. The predicted octanol–water partition coefficient (Wildman–Crippen LogP) is 1.59. The Labute approximate surface area is 128 Å². The molecule has 2 aliphatic rings. The van der Waals surface area contributed by atoms with E-state index in [1.807, 2.05) is 11.4 Å². The predicted molar refractivity (Wildman–Crippen MR) is 81.2 cm³/mol. The molecule has 110 valence electrons. The summed E-state index contributed by atoms with van der Waals surface area (Å²) >= 11 is 1.53. The molecule has 2 heterocycles. The van der Waals surface area contributed by atoms with Crippen LogP contribution in [0, 0.1) is 29.6 Å². The number of carbonyl (C=O) groups is 2. The van der Waals surface area contributed by atoms with E-state index < -0.39 is 0 Å². The Balaban J connectivity index is 1.79. The van der Waals surface area contributed by atoms with Crippen LogP contribution in [0.5, 0.6) is 0 Å². The standard InChI is InChI=1S/C16H18N2O2S/c1-10-7-12-13(8-10)16(20)18(15(12)19)9-14-11(3-2-5-17)4-6-21-14/h4,6,10,12-13H,5,7-9,17H2,1H3. The molecule has 0 radical (unpaired) electrons. The average molecular weight is 302 g/mol. The number of hydrogen-bond acceptors (Lipinski definition) is 4. The lowest BCUT2D eigenvalue weighted by molar-refractivity contribution is -0.141. The van der Waals surface area contributed by atoms with Gasteiger partial charge in [0.15, 0.2) is 0 Å². The van der Waals surface area contributed by atoms with Gasteiger partial charge in [0.25, 0.3) is 0 Å². The van der Waals surface area contributed by atoms with Crippen LogP contribution in [0.25, 0.3) is 0 Å². The number of thiophene rings is 1. The summed E-state index contributed by atoms with van der Waals surface area (Å²) in [4.78, 5) is 27.3. The molecule has 1 saturated heterocycles. The van der Waals surface area contributed by atoms with Gasteiger partial charge in [0, 0.05) is 10.4 Å². The number of likely N-dealkylation sites (tertiary alicyclic amines) is 1. The fourth-order valence-corrected chi connectivity index (χ4v) is 4.18. The highest BCUT2D eigenvalue weighted by molar-refractivity contribution is 7.10. The lowest BCUT2D eigenvalue weighted by Gasteiger charge is -2.16. The van der Waals surface area contributed by atoms with Crippen molar-refractivity contribution in [2.45, 2.75) is 26.3 Å². The van der Waals surface area contributed by atoms with Gasteiger partial charge in [-0.2, -0.15) is 0 Å². The van der Waals surface area contributed by atoms with E-state index in [-0.39, 0.29) is 23.7 Å². The Hall–Kier alpha value is -1.64. The maximum absolute atomic E-state index is 12.4. The van der Waals surface area contributed by atoms with Crippen molar-refractivity contribution in [3.8, 4) is 11.8 Å². The van der Waals surface area contributed by atoms with Crippen LogP contribution in [0.4, 0.5) is 0 Å². The van der Waals surface area contributed by atoms with E-state index in [9.17, 15) is 9.59 Å². The molecule has 0 aromatic carbocycles. The molecule has 1 aromatic heterocycles. The summed E-state index contributed by atoms with van der Waals surface area (Å²) in [5, 5.41) is 1.93. The number of hydrogen-bond donors (Lipinski definition) is 1. The molecule has 21 heavy (non-hydrogen) atoms. The molecule has 3 rings (SSSR count). The van der Waals surface area contributed by atoms with E-state index in [1.54, 1.807) is 0 Å². The van der Waals surface area contributed by atoms with Crippen molar-refractivity contribution in [2.75, 3.05) is 6.54 Å². The third-order valence-electron chi connectivity index (χ3n) is 4.34. The number of fused-ring (bicyclic) bond motifs is 1. The van der Waals surface area contributed by atoms with Crippen LogP contribution < -0.4 is 5.73 Å². The van der Waals surface area contributed by atoms with Gasteiger partial charge in [0.1, 0.15) is 0 Å². The Morgan fingerprint density at radius 3 is 2.62 bits per heavy atom. The van der Waals surface area contributed by atoms with Crippen LogP contribution >= 0.6 is 11.3 Å². The number of imide groups is 1. The fraction of sp³-hybridized carbons (Fsp3) is 0.500. The first-order chi connectivity index (χ1) is 10.1. The van der Waals surface area contributed by atoms with Gasteiger partial charge in [-0.3, -0.25) is 14.5 Å². The summed E-state index contributed by atoms with van der Waals surface area (Å²) in [7, 11) is 0. The number of carbonyl (C=O) groups excluding carboxylic acids is 2. The highest BCUT2D eigenvalue weighted by Gasteiger charge is 2.51. The first-order valence-corrected chi connectivity index (χ1v) is 8.10. The van der Waals surface area contributed by atoms with Gasteiger partial charge in [-0.15, -0.1) is 11.3 Å². The molecule has 2 N–H and O–H groups in total. The van der Waals surface area contributed by atoms with Gasteiger partial charge in [-0.1, -0.05) is 18.8 Å². The molecule has 1 aliphatic heterocycles. The molecule has 0 bridgehead atoms. The average Bonchev–Trinajstić information content (AvgIpc) is 3.11. The van der Waals surface area contributed by atoms with Crippen molar-refractivity contribution < 1.29 is 9.59 Å². The monoisotopic (exact) mass is 302 g/mol. The molecular formula is C16H18N2O2S. The van der Waals surface area contributed by atoms with Crippen molar-refractivity contribution in [1.82, 2.24) is 4.90 Å². The molecule has 5 heteroatoms. The second-order valence-electron chi connectivity index (χ2n) is 5.82. The largest absolute Gasteiger partial charge is 0.320 e. The van der Waals surface area contributed by atoms with Crippen molar-refractivity contribution in [1.29, 1.82) is 0 Å². The second kappa shape index (κ2) is 5.63. The zero-order chi connectivity index (χ0) is 15.0. The minimum absolute atomic E-state index is 0.000448. The van der Waals surface area contributed by atoms with E-state index in [4.69, 9.17) is 5.73 Å². The zero-order valence-corrected chi connectivity index (χ0v) is 12.8. The van der Waals surface area contributed by atoms with Gasteiger partial charge in [0.2, 0.25) is 11.8 Å². The van der Waals surface area contributed by atoms with Gasteiger partial charge in [-0.25, -0.2) is 0 Å². The van der Waals surface area contributed by atoms with Gasteiger partial charge >= 0.3 is 0 Å². The minimum atomic E-state index is -0.0916. The summed E-state index contributed by atoms with van der Waals surface area (Å²) in [6, 6.07) is 1.91. The van der Waals surface area contributed by atoms with Crippen LogP contribution in [0.1, 0.15) is 30.2 Å². The molecule has 4 nitrogen and oxygen atoms in total. The smallest absolute Gasteiger partial charge is 0.233 e. The van der Waals surface area contributed by atoms with E-state index >= 15 is 0 Å². The Morgan fingerprint density at radius 2 is 2.00 bits per heavy atom.